The van der Waals surface area contributed by atoms with Crippen LogP contribution in [0.3, 0.4) is 0 Å². The van der Waals surface area contributed by atoms with Gasteiger partial charge >= 0.3 is 0 Å². The Balaban J connectivity index is 2.48. The molecular formula is C14H27NO. The molecule has 1 fully saturated rings. The average molecular weight is 225 g/mol. The molecule has 0 radical (unpaired) electrons. The van der Waals surface area contributed by atoms with Crippen LogP contribution in [0, 0.1) is 5.41 Å². The van der Waals surface area contributed by atoms with Gasteiger partial charge in [-0.3, -0.25) is 0 Å². The Morgan fingerprint density at radius 2 is 2.25 bits per heavy atom. The third kappa shape index (κ3) is 2.67. The zero-order valence-corrected chi connectivity index (χ0v) is 11.3. The SMILES string of the molecule is C=CCC(C)NC1CC(OCC)C1(C)CC. The molecule has 4 unspecified atom stereocenters. The lowest BCUT2D eigenvalue weighted by atomic mass is 9.61. The van der Waals surface area contributed by atoms with Crippen molar-refractivity contribution in [3.05, 3.63) is 12.7 Å². The molecule has 0 heterocycles. The highest BCUT2D eigenvalue weighted by Crippen LogP contribution is 2.46. The molecule has 1 aliphatic rings. The van der Waals surface area contributed by atoms with Gasteiger partial charge in [0.15, 0.2) is 0 Å². The average Bonchev–Trinajstić information content (AvgIpc) is 2.27. The van der Waals surface area contributed by atoms with E-state index >= 15 is 0 Å². The van der Waals surface area contributed by atoms with Crippen LogP contribution in [0.2, 0.25) is 0 Å². The molecule has 0 bridgehead atoms. The predicted molar refractivity (Wildman–Crippen MR) is 69.6 cm³/mol. The zero-order chi connectivity index (χ0) is 12.2. The molecule has 1 aliphatic carbocycles. The molecular weight excluding hydrogens is 198 g/mol. The molecule has 1 saturated carbocycles. The second-order valence-electron chi connectivity index (χ2n) is 5.18. The first kappa shape index (κ1) is 13.7. The highest BCUT2D eigenvalue weighted by atomic mass is 16.5. The Hall–Kier alpha value is -0.340. The number of rotatable bonds is 7. The van der Waals surface area contributed by atoms with Crippen LogP contribution in [0.15, 0.2) is 12.7 Å². The van der Waals surface area contributed by atoms with E-state index in [1.54, 1.807) is 0 Å². The first-order valence-electron chi connectivity index (χ1n) is 6.57. The van der Waals surface area contributed by atoms with Crippen LogP contribution in [-0.2, 0) is 4.74 Å². The van der Waals surface area contributed by atoms with Crippen molar-refractivity contribution in [1.82, 2.24) is 5.32 Å². The van der Waals surface area contributed by atoms with E-state index in [9.17, 15) is 0 Å². The lowest BCUT2D eigenvalue weighted by Crippen LogP contribution is -2.63. The van der Waals surface area contributed by atoms with Gasteiger partial charge in [-0.1, -0.05) is 19.9 Å². The van der Waals surface area contributed by atoms with E-state index in [2.05, 4.69) is 39.6 Å². The van der Waals surface area contributed by atoms with Gasteiger partial charge in [-0.25, -0.2) is 0 Å². The summed E-state index contributed by atoms with van der Waals surface area (Å²) in [5.41, 5.74) is 0.311. The van der Waals surface area contributed by atoms with Gasteiger partial charge in [-0.2, -0.15) is 0 Å². The van der Waals surface area contributed by atoms with Crippen LogP contribution in [0.1, 0.15) is 47.0 Å². The van der Waals surface area contributed by atoms with Crippen LogP contribution >= 0.6 is 0 Å². The summed E-state index contributed by atoms with van der Waals surface area (Å²) in [5, 5.41) is 3.70. The third-order valence-electron chi connectivity index (χ3n) is 4.12. The normalized spacial score (nSPS) is 35.5. The molecule has 1 rings (SSSR count). The second kappa shape index (κ2) is 5.83. The minimum Gasteiger partial charge on any atom is -0.378 e. The maximum Gasteiger partial charge on any atom is 0.0658 e. The summed E-state index contributed by atoms with van der Waals surface area (Å²) in [7, 11) is 0. The fourth-order valence-corrected chi connectivity index (χ4v) is 2.67. The fraction of sp³-hybridized carbons (Fsp3) is 0.857. The van der Waals surface area contributed by atoms with Crippen molar-refractivity contribution in [2.24, 2.45) is 5.41 Å². The Morgan fingerprint density at radius 3 is 2.75 bits per heavy atom. The van der Waals surface area contributed by atoms with Crippen molar-refractivity contribution in [2.45, 2.75) is 65.1 Å². The minimum absolute atomic E-state index is 0.311. The highest BCUT2D eigenvalue weighted by Gasteiger charge is 2.51. The van der Waals surface area contributed by atoms with E-state index in [-0.39, 0.29) is 0 Å². The summed E-state index contributed by atoms with van der Waals surface area (Å²) < 4.78 is 5.80. The Bertz CT molecular complexity index is 229. The van der Waals surface area contributed by atoms with Gasteiger partial charge in [-0.05, 0) is 33.1 Å². The lowest BCUT2D eigenvalue weighted by Gasteiger charge is -2.54. The molecule has 0 aliphatic heterocycles. The molecule has 4 atom stereocenters. The predicted octanol–water partition coefficient (Wildman–Crippen LogP) is 3.13. The number of ether oxygens (including phenoxy) is 1. The summed E-state index contributed by atoms with van der Waals surface area (Å²) in [5.74, 6) is 0. The van der Waals surface area contributed by atoms with E-state index < -0.39 is 0 Å². The quantitative estimate of drug-likeness (QED) is 0.672. The number of hydrogen-bond donors (Lipinski definition) is 1. The first-order valence-corrected chi connectivity index (χ1v) is 6.57. The Labute approximate surface area is 100 Å². The zero-order valence-electron chi connectivity index (χ0n) is 11.3. The van der Waals surface area contributed by atoms with Crippen molar-refractivity contribution in [3.8, 4) is 0 Å². The minimum atomic E-state index is 0.311. The molecule has 0 aromatic carbocycles. The Morgan fingerprint density at radius 1 is 1.56 bits per heavy atom. The van der Waals surface area contributed by atoms with Gasteiger partial charge < -0.3 is 10.1 Å². The van der Waals surface area contributed by atoms with Crippen LogP contribution in [-0.4, -0.2) is 24.8 Å². The largest absolute Gasteiger partial charge is 0.378 e. The van der Waals surface area contributed by atoms with Crippen LogP contribution in [0.25, 0.3) is 0 Å². The molecule has 0 amide bonds. The smallest absolute Gasteiger partial charge is 0.0658 e. The molecule has 94 valence electrons. The van der Waals surface area contributed by atoms with Crippen LogP contribution < -0.4 is 5.32 Å². The van der Waals surface area contributed by atoms with E-state index in [0.29, 0.717) is 23.6 Å². The lowest BCUT2D eigenvalue weighted by molar-refractivity contribution is -0.127. The van der Waals surface area contributed by atoms with E-state index in [0.717, 1.165) is 19.4 Å². The maximum atomic E-state index is 5.80. The summed E-state index contributed by atoms with van der Waals surface area (Å²) in [6.07, 6.45) is 5.79. The summed E-state index contributed by atoms with van der Waals surface area (Å²) in [4.78, 5) is 0. The molecule has 1 N–H and O–H groups in total. The van der Waals surface area contributed by atoms with Crippen LogP contribution in [0.4, 0.5) is 0 Å². The van der Waals surface area contributed by atoms with Gasteiger partial charge in [0.05, 0.1) is 6.10 Å². The van der Waals surface area contributed by atoms with Gasteiger partial charge in [0.2, 0.25) is 0 Å². The molecule has 0 spiro atoms. The van der Waals surface area contributed by atoms with Gasteiger partial charge in [0.1, 0.15) is 0 Å². The van der Waals surface area contributed by atoms with Gasteiger partial charge in [0.25, 0.3) is 0 Å². The second-order valence-corrected chi connectivity index (χ2v) is 5.18. The van der Waals surface area contributed by atoms with Crippen molar-refractivity contribution in [2.75, 3.05) is 6.61 Å². The van der Waals surface area contributed by atoms with Crippen molar-refractivity contribution >= 4 is 0 Å². The fourth-order valence-electron chi connectivity index (χ4n) is 2.67. The number of nitrogens with one attached hydrogen (secondary N) is 1. The standard InChI is InChI=1S/C14H27NO/c1-6-9-11(4)15-12-10-13(16-8-3)14(12,5)7-2/h6,11-13,15H,1,7-10H2,2-5H3. The summed E-state index contributed by atoms with van der Waals surface area (Å²) in [6.45, 7) is 13.5. The van der Waals surface area contributed by atoms with E-state index in [1.807, 2.05) is 6.08 Å². The first-order chi connectivity index (χ1) is 7.58. The monoisotopic (exact) mass is 225 g/mol. The molecule has 2 heteroatoms. The third-order valence-corrected chi connectivity index (χ3v) is 4.12. The van der Waals surface area contributed by atoms with Crippen molar-refractivity contribution in [3.63, 3.8) is 0 Å². The van der Waals surface area contributed by atoms with Crippen molar-refractivity contribution < 1.29 is 4.74 Å². The molecule has 16 heavy (non-hydrogen) atoms. The van der Waals surface area contributed by atoms with Gasteiger partial charge in [-0.15, -0.1) is 6.58 Å². The van der Waals surface area contributed by atoms with Crippen LogP contribution in [0.5, 0.6) is 0 Å². The van der Waals surface area contributed by atoms with E-state index in [1.165, 1.54) is 6.42 Å². The molecule has 0 aromatic heterocycles. The topological polar surface area (TPSA) is 21.3 Å². The van der Waals surface area contributed by atoms with Gasteiger partial charge in [0, 0.05) is 24.1 Å². The Kier molecular flexibility index (Phi) is 5.00. The number of hydrogen-bond acceptors (Lipinski definition) is 2. The molecule has 0 aromatic rings. The molecule has 2 nitrogen and oxygen atoms in total. The van der Waals surface area contributed by atoms with Crippen molar-refractivity contribution in [1.29, 1.82) is 0 Å². The summed E-state index contributed by atoms with van der Waals surface area (Å²) >= 11 is 0. The summed E-state index contributed by atoms with van der Waals surface area (Å²) in [6, 6.07) is 1.12. The maximum absolute atomic E-state index is 5.80. The van der Waals surface area contributed by atoms with E-state index in [4.69, 9.17) is 4.74 Å². The molecule has 0 saturated heterocycles. The highest BCUT2D eigenvalue weighted by molar-refractivity contribution is 5.05.